The van der Waals surface area contributed by atoms with Gasteiger partial charge in [0.15, 0.2) is 0 Å². The Morgan fingerprint density at radius 1 is 0.917 bits per heavy atom. The van der Waals surface area contributed by atoms with Crippen molar-refractivity contribution in [3.8, 4) is 23.0 Å². The maximum atomic E-state index is 10.3. The number of methoxy groups -OCH3 is 1. The third-order valence-electron chi connectivity index (χ3n) is 3.48. The number of rotatable bonds is 5. The van der Waals surface area contributed by atoms with Gasteiger partial charge in [0, 0.05) is 11.6 Å². The van der Waals surface area contributed by atoms with Crippen molar-refractivity contribution < 1.29 is 20.1 Å². The van der Waals surface area contributed by atoms with Gasteiger partial charge >= 0.3 is 0 Å². The van der Waals surface area contributed by atoms with Gasteiger partial charge in [-0.1, -0.05) is 38.2 Å². The molecule has 2 aromatic rings. The zero-order valence-corrected chi connectivity index (χ0v) is 14.0. The third-order valence-corrected chi connectivity index (χ3v) is 3.48. The molecule has 0 bridgehead atoms. The molecule has 3 N–H and O–H groups in total. The molecule has 2 aromatic carbocycles. The molecule has 2 rings (SSSR count). The van der Waals surface area contributed by atoms with Crippen molar-refractivity contribution in [2.75, 3.05) is 7.11 Å². The summed E-state index contributed by atoms with van der Waals surface area (Å²) in [4.78, 5) is 0. The van der Waals surface area contributed by atoms with Crippen LogP contribution in [0.5, 0.6) is 23.0 Å². The Kier molecular flexibility index (Phi) is 5.53. The van der Waals surface area contributed by atoms with E-state index in [0.717, 1.165) is 5.56 Å². The van der Waals surface area contributed by atoms with Crippen molar-refractivity contribution in [3.63, 3.8) is 0 Å². The number of benzene rings is 2. The predicted molar refractivity (Wildman–Crippen MR) is 97.2 cm³/mol. The maximum absolute atomic E-state index is 10.3. The molecular formula is C20H22O4. The molecule has 4 nitrogen and oxygen atoms in total. The first-order valence-electron chi connectivity index (χ1n) is 7.70. The van der Waals surface area contributed by atoms with E-state index in [-0.39, 0.29) is 17.2 Å². The number of ether oxygens (including phenoxy) is 1. The van der Waals surface area contributed by atoms with E-state index in [1.807, 2.05) is 18.2 Å². The van der Waals surface area contributed by atoms with Gasteiger partial charge in [0.2, 0.25) is 0 Å². The van der Waals surface area contributed by atoms with E-state index < -0.39 is 0 Å². The normalized spacial score (nSPS) is 11.7. The second kappa shape index (κ2) is 7.59. The Bertz CT molecular complexity index is 773. The van der Waals surface area contributed by atoms with Crippen LogP contribution in [-0.4, -0.2) is 22.4 Å². The second-order valence-electron chi connectivity index (χ2n) is 5.84. The lowest BCUT2D eigenvalue weighted by atomic mass is 10.0. The predicted octanol–water partition coefficient (Wildman–Crippen LogP) is 4.65. The SMILES string of the molecule is COc1cc(C=Cc2ccc(O)cc2O)cc(O)c1C=CC(C)C. The van der Waals surface area contributed by atoms with Gasteiger partial charge in [-0.15, -0.1) is 0 Å². The minimum absolute atomic E-state index is 0.00487. The summed E-state index contributed by atoms with van der Waals surface area (Å²) >= 11 is 0. The van der Waals surface area contributed by atoms with Crippen LogP contribution in [0.15, 0.2) is 36.4 Å². The molecule has 0 aliphatic rings. The lowest BCUT2D eigenvalue weighted by Gasteiger charge is -2.09. The minimum atomic E-state index is -0.0149. The van der Waals surface area contributed by atoms with E-state index in [9.17, 15) is 15.3 Å². The van der Waals surface area contributed by atoms with Gasteiger partial charge in [-0.05, 0) is 35.7 Å². The summed E-state index contributed by atoms with van der Waals surface area (Å²) in [5.41, 5.74) is 1.93. The molecule has 0 aliphatic heterocycles. The Labute approximate surface area is 142 Å². The smallest absolute Gasteiger partial charge is 0.130 e. The average molecular weight is 326 g/mol. The molecule has 4 heteroatoms. The summed E-state index contributed by atoms with van der Waals surface area (Å²) in [5.74, 6) is 1.05. The summed E-state index contributed by atoms with van der Waals surface area (Å²) in [6.45, 7) is 4.11. The van der Waals surface area contributed by atoms with Crippen LogP contribution in [0.4, 0.5) is 0 Å². The van der Waals surface area contributed by atoms with Crippen molar-refractivity contribution in [1.82, 2.24) is 0 Å². The van der Waals surface area contributed by atoms with Gasteiger partial charge in [-0.25, -0.2) is 0 Å². The highest BCUT2D eigenvalue weighted by molar-refractivity contribution is 5.76. The first-order valence-corrected chi connectivity index (χ1v) is 7.70. The highest BCUT2D eigenvalue weighted by Crippen LogP contribution is 2.32. The molecule has 24 heavy (non-hydrogen) atoms. The van der Waals surface area contributed by atoms with Crippen molar-refractivity contribution >= 4 is 18.2 Å². The van der Waals surface area contributed by atoms with Crippen LogP contribution >= 0.6 is 0 Å². The molecule has 126 valence electrons. The van der Waals surface area contributed by atoms with Gasteiger partial charge in [0.1, 0.15) is 23.0 Å². The fourth-order valence-corrected chi connectivity index (χ4v) is 2.21. The van der Waals surface area contributed by atoms with E-state index in [4.69, 9.17) is 4.74 Å². The number of hydrogen-bond donors (Lipinski definition) is 3. The lowest BCUT2D eigenvalue weighted by molar-refractivity contribution is 0.406. The molecule has 0 aromatic heterocycles. The van der Waals surface area contributed by atoms with Crippen LogP contribution in [0, 0.1) is 5.92 Å². The largest absolute Gasteiger partial charge is 0.508 e. The van der Waals surface area contributed by atoms with Crippen LogP contribution in [0.1, 0.15) is 30.5 Å². The van der Waals surface area contributed by atoms with E-state index in [0.29, 0.717) is 22.8 Å². The van der Waals surface area contributed by atoms with Crippen LogP contribution < -0.4 is 4.74 Å². The number of allylic oxidation sites excluding steroid dienone is 1. The van der Waals surface area contributed by atoms with E-state index in [2.05, 4.69) is 13.8 Å². The Morgan fingerprint density at radius 3 is 2.29 bits per heavy atom. The number of phenols is 3. The quantitative estimate of drug-likeness (QED) is 0.699. The monoisotopic (exact) mass is 326 g/mol. The highest BCUT2D eigenvalue weighted by atomic mass is 16.5. The Hall–Kier alpha value is -2.88. The molecule has 0 unspecified atom stereocenters. The first-order chi connectivity index (χ1) is 11.4. The van der Waals surface area contributed by atoms with Crippen LogP contribution in [0.2, 0.25) is 0 Å². The second-order valence-corrected chi connectivity index (χ2v) is 5.84. The van der Waals surface area contributed by atoms with Gasteiger partial charge in [-0.2, -0.15) is 0 Å². The standard InChI is InChI=1S/C20H22O4/c1-13(2)4-9-17-19(23)10-14(11-20(17)24-3)5-6-15-7-8-16(21)12-18(15)22/h4-13,21-23H,1-3H3. The topological polar surface area (TPSA) is 69.9 Å². The van der Waals surface area contributed by atoms with Crippen molar-refractivity contribution in [2.45, 2.75) is 13.8 Å². The highest BCUT2D eigenvalue weighted by Gasteiger charge is 2.08. The molecule has 0 atom stereocenters. The summed E-state index contributed by atoms with van der Waals surface area (Å²) < 4.78 is 5.36. The molecule has 0 saturated carbocycles. The lowest BCUT2D eigenvalue weighted by Crippen LogP contribution is -1.90. The number of hydrogen-bond acceptors (Lipinski definition) is 4. The molecule has 0 spiro atoms. The van der Waals surface area contributed by atoms with E-state index >= 15 is 0 Å². The summed E-state index contributed by atoms with van der Waals surface area (Å²) in [7, 11) is 1.56. The van der Waals surface area contributed by atoms with E-state index in [1.165, 1.54) is 12.1 Å². The molecule has 0 fully saturated rings. The van der Waals surface area contributed by atoms with Crippen LogP contribution in [-0.2, 0) is 0 Å². The Morgan fingerprint density at radius 2 is 1.67 bits per heavy atom. The van der Waals surface area contributed by atoms with Gasteiger partial charge in [0.25, 0.3) is 0 Å². The minimum Gasteiger partial charge on any atom is -0.508 e. The zero-order chi connectivity index (χ0) is 17.7. The number of phenolic OH excluding ortho intramolecular Hbond substituents is 3. The Balaban J connectivity index is 2.34. The zero-order valence-electron chi connectivity index (χ0n) is 14.0. The van der Waals surface area contributed by atoms with E-state index in [1.54, 1.807) is 31.4 Å². The molecule has 0 aliphatic carbocycles. The number of aromatic hydroxyl groups is 3. The molecule has 0 heterocycles. The average Bonchev–Trinajstić information content (AvgIpc) is 2.52. The van der Waals surface area contributed by atoms with Crippen molar-refractivity contribution in [1.29, 1.82) is 0 Å². The third kappa shape index (κ3) is 4.32. The van der Waals surface area contributed by atoms with Gasteiger partial charge in [0.05, 0.1) is 12.7 Å². The molecular weight excluding hydrogens is 304 g/mol. The van der Waals surface area contributed by atoms with Crippen LogP contribution in [0.3, 0.4) is 0 Å². The van der Waals surface area contributed by atoms with Crippen molar-refractivity contribution in [2.24, 2.45) is 5.92 Å². The molecule has 0 saturated heterocycles. The summed E-state index contributed by atoms with van der Waals surface area (Å²) in [6.07, 6.45) is 7.29. The summed E-state index contributed by atoms with van der Waals surface area (Å²) in [6, 6.07) is 7.83. The van der Waals surface area contributed by atoms with Gasteiger partial charge < -0.3 is 20.1 Å². The first kappa shape index (κ1) is 17.5. The summed E-state index contributed by atoms with van der Waals surface area (Å²) in [5, 5.41) is 29.4. The molecule has 0 amide bonds. The van der Waals surface area contributed by atoms with Crippen molar-refractivity contribution in [3.05, 3.63) is 53.1 Å². The van der Waals surface area contributed by atoms with Gasteiger partial charge in [-0.3, -0.25) is 0 Å². The van der Waals surface area contributed by atoms with Crippen LogP contribution in [0.25, 0.3) is 18.2 Å². The maximum Gasteiger partial charge on any atom is 0.130 e. The fourth-order valence-electron chi connectivity index (χ4n) is 2.21. The molecule has 0 radical (unpaired) electrons. The fraction of sp³-hybridized carbons (Fsp3) is 0.200.